The van der Waals surface area contributed by atoms with E-state index in [9.17, 15) is 0 Å². The van der Waals surface area contributed by atoms with Crippen LogP contribution < -0.4 is 5.32 Å². The second kappa shape index (κ2) is 6.63. The second-order valence-electron chi connectivity index (χ2n) is 4.26. The number of aliphatic imine (C=N–C) groups is 1. The Labute approximate surface area is 88.5 Å². The van der Waals surface area contributed by atoms with Crippen LogP contribution in [0.4, 0.5) is 0 Å². The minimum Gasteiger partial charge on any atom is -0.394 e. The van der Waals surface area contributed by atoms with Gasteiger partial charge in [-0.1, -0.05) is 20.8 Å². The van der Waals surface area contributed by atoms with Crippen molar-refractivity contribution in [1.82, 2.24) is 5.32 Å². The maximum Gasteiger partial charge on any atom is 0.0420 e. The molecule has 0 radical (unpaired) electrons. The van der Waals surface area contributed by atoms with Gasteiger partial charge in [0.05, 0.1) is 0 Å². The first-order valence-corrected chi connectivity index (χ1v) is 5.34. The van der Waals surface area contributed by atoms with Crippen LogP contribution in [0, 0.1) is 11.8 Å². The molecule has 0 aromatic heterocycles. The fraction of sp³-hybridized carbons (Fsp3) is 0.750. The quantitative estimate of drug-likeness (QED) is 0.672. The summed E-state index contributed by atoms with van der Waals surface area (Å²) in [5.41, 5.74) is 2.34. The minimum absolute atomic E-state index is 0.660. The van der Waals surface area contributed by atoms with E-state index in [1.54, 1.807) is 0 Å². The molecule has 1 N–H and O–H groups in total. The summed E-state index contributed by atoms with van der Waals surface area (Å²) in [5.74, 6) is 1.37. The lowest BCUT2D eigenvalue weighted by molar-refractivity contribution is 0.430. The molecule has 0 amide bonds. The van der Waals surface area contributed by atoms with Gasteiger partial charge >= 0.3 is 0 Å². The largest absolute Gasteiger partial charge is 0.394 e. The normalized spacial score (nSPS) is 15.9. The van der Waals surface area contributed by atoms with Gasteiger partial charge in [0.2, 0.25) is 0 Å². The number of rotatable bonds is 5. The Morgan fingerprint density at radius 1 is 1.29 bits per heavy atom. The molecule has 0 heterocycles. The Kier molecular flexibility index (Phi) is 6.26. The van der Waals surface area contributed by atoms with E-state index >= 15 is 0 Å². The third kappa shape index (κ3) is 5.05. The Balaban J connectivity index is 4.18. The molecule has 0 aliphatic heterocycles. The van der Waals surface area contributed by atoms with E-state index in [1.807, 2.05) is 13.2 Å². The van der Waals surface area contributed by atoms with Crippen LogP contribution in [-0.2, 0) is 0 Å². The Hall–Kier alpha value is -0.790. The summed E-state index contributed by atoms with van der Waals surface area (Å²) >= 11 is 0. The molecule has 0 unspecified atom stereocenters. The van der Waals surface area contributed by atoms with Crippen LogP contribution in [0.1, 0.15) is 34.6 Å². The number of hydrogen-bond donors (Lipinski definition) is 1. The number of nitrogens with one attached hydrogen (secondary N) is 1. The van der Waals surface area contributed by atoms with Crippen LogP contribution in [0.3, 0.4) is 0 Å². The Bertz CT molecular complexity index is 214. The van der Waals surface area contributed by atoms with E-state index < -0.39 is 0 Å². The standard InChI is InChI=1S/C12H24N2/c1-9(2)10(3)8-14-12(5)11(4)7-13-6/h7,9-10,13H,8H2,1-6H3/b11-7-,14-12+/t10-/m1/s1. The summed E-state index contributed by atoms with van der Waals surface area (Å²) in [6.45, 7) is 11.8. The van der Waals surface area contributed by atoms with Crippen LogP contribution in [0.25, 0.3) is 0 Å². The van der Waals surface area contributed by atoms with Crippen molar-refractivity contribution in [2.24, 2.45) is 16.8 Å². The van der Waals surface area contributed by atoms with Crippen LogP contribution in [0.2, 0.25) is 0 Å². The molecule has 0 aromatic rings. The maximum atomic E-state index is 4.57. The molecule has 0 rings (SSSR count). The fourth-order valence-electron chi connectivity index (χ4n) is 0.937. The third-order valence-electron chi connectivity index (χ3n) is 2.69. The number of allylic oxidation sites excluding steroid dienone is 1. The van der Waals surface area contributed by atoms with Crippen molar-refractivity contribution in [3.63, 3.8) is 0 Å². The summed E-state index contributed by atoms with van der Waals surface area (Å²) in [6, 6.07) is 0. The summed E-state index contributed by atoms with van der Waals surface area (Å²) in [5, 5.41) is 3.02. The Morgan fingerprint density at radius 3 is 2.29 bits per heavy atom. The van der Waals surface area contributed by atoms with E-state index in [0.29, 0.717) is 11.8 Å². The lowest BCUT2D eigenvalue weighted by Gasteiger charge is -2.12. The second-order valence-corrected chi connectivity index (χ2v) is 4.26. The topological polar surface area (TPSA) is 24.4 Å². The molecule has 0 spiro atoms. The molecule has 0 bridgehead atoms. The molecule has 2 heteroatoms. The zero-order chi connectivity index (χ0) is 11.1. The van der Waals surface area contributed by atoms with Gasteiger partial charge in [-0.05, 0) is 31.3 Å². The van der Waals surface area contributed by atoms with Crippen molar-refractivity contribution >= 4 is 5.71 Å². The van der Waals surface area contributed by atoms with E-state index in [2.05, 4.69) is 44.9 Å². The van der Waals surface area contributed by atoms with Gasteiger partial charge in [0.15, 0.2) is 0 Å². The molecule has 0 saturated carbocycles. The summed E-state index contributed by atoms with van der Waals surface area (Å²) < 4.78 is 0. The molecule has 0 saturated heterocycles. The molecule has 14 heavy (non-hydrogen) atoms. The Morgan fingerprint density at radius 2 is 1.86 bits per heavy atom. The highest BCUT2D eigenvalue weighted by Gasteiger charge is 2.05. The fourth-order valence-corrected chi connectivity index (χ4v) is 0.937. The first kappa shape index (κ1) is 13.2. The molecular formula is C12H24N2. The van der Waals surface area contributed by atoms with Gasteiger partial charge < -0.3 is 5.32 Å². The lowest BCUT2D eigenvalue weighted by atomic mass is 9.98. The van der Waals surface area contributed by atoms with Gasteiger partial charge in [-0.3, -0.25) is 4.99 Å². The van der Waals surface area contributed by atoms with Crippen LogP contribution in [0.5, 0.6) is 0 Å². The van der Waals surface area contributed by atoms with E-state index in [1.165, 1.54) is 5.57 Å². The van der Waals surface area contributed by atoms with Crippen molar-refractivity contribution in [1.29, 1.82) is 0 Å². The smallest absolute Gasteiger partial charge is 0.0420 e. The highest BCUT2D eigenvalue weighted by atomic mass is 14.8. The maximum absolute atomic E-state index is 4.57. The minimum atomic E-state index is 0.660. The number of hydrogen-bond acceptors (Lipinski definition) is 2. The first-order chi connectivity index (χ1) is 6.49. The molecule has 0 aromatic carbocycles. The third-order valence-corrected chi connectivity index (χ3v) is 2.69. The average Bonchev–Trinajstić information content (AvgIpc) is 2.13. The van der Waals surface area contributed by atoms with Crippen molar-refractivity contribution < 1.29 is 0 Å². The van der Waals surface area contributed by atoms with Gasteiger partial charge in [0.1, 0.15) is 0 Å². The van der Waals surface area contributed by atoms with Crippen molar-refractivity contribution in [2.45, 2.75) is 34.6 Å². The average molecular weight is 196 g/mol. The van der Waals surface area contributed by atoms with Gasteiger partial charge in [-0.25, -0.2) is 0 Å². The molecular weight excluding hydrogens is 172 g/mol. The molecule has 2 nitrogen and oxygen atoms in total. The first-order valence-electron chi connectivity index (χ1n) is 5.34. The molecule has 0 aliphatic rings. The molecule has 82 valence electrons. The zero-order valence-corrected chi connectivity index (χ0v) is 10.4. The molecule has 0 aliphatic carbocycles. The monoisotopic (exact) mass is 196 g/mol. The summed E-state index contributed by atoms with van der Waals surface area (Å²) in [4.78, 5) is 4.57. The predicted octanol–water partition coefficient (Wildman–Crippen LogP) is 2.86. The lowest BCUT2D eigenvalue weighted by Crippen LogP contribution is -2.10. The predicted molar refractivity (Wildman–Crippen MR) is 64.8 cm³/mol. The summed E-state index contributed by atoms with van der Waals surface area (Å²) in [7, 11) is 1.91. The van der Waals surface area contributed by atoms with Crippen molar-refractivity contribution in [3.8, 4) is 0 Å². The molecule has 1 atom stereocenters. The van der Waals surface area contributed by atoms with E-state index in [-0.39, 0.29) is 0 Å². The van der Waals surface area contributed by atoms with Gasteiger partial charge in [-0.2, -0.15) is 0 Å². The van der Waals surface area contributed by atoms with Crippen molar-refractivity contribution in [2.75, 3.05) is 13.6 Å². The number of nitrogens with zero attached hydrogens (tertiary/aromatic N) is 1. The molecule has 0 fully saturated rings. The van der Waals surface area contributed by atoms with Crippen LogP contribution >= 0.6 is 0 Å². The van der Waals surface area contributed by atoms with E-state index in [4.69, 9.17) is 0 Å². The highest BCUT2D eigenvalue weighted by Crippen LogP contribution is 2.10. The highest BCUT2D eigenvalue weighted by molar-refractivity contribution is 5.97. The SMILES string of the molecule is CN/C=C(C)\C(C)=N\C[C@@H](C)C(C)C. The van der Waals surface area contributed by atoms with Crippen molar-refractivity contribution in [3.05, 3.63) is 11.8 Å². The zero-order valence-electron chi connectivity index (χ0n) is 10.4. The van der Waals surface area contributed by atoms with Gasteiger partial charge in [0, 0.05) is 25.5 Å². The van der Waals surface area contributed by atoms with E-state index in [0.717, 1.165) is 12.3 Å². The van der Waals surface area contributed by atoms with Gasteiger partial charge in [0.25, 0.3) is 0 Å². The summed E-state index contributed by atoms with van der Waals surface area (Å²) in [6.07, 6.45) is 1.98. The van der Waals surface area contributed by atoms with Crippen LogP contribution in [0.15, 0.2) is 16.8 Å². The van der Waals surface area contributed by atoms with Gasteiger partial charge in [-0.15, -0.1) is 0 Å². The van der Waals surface area contributed by atoms with Crippen LogP contribution in [-0.4, -0.2) is 19.3 Å².